The summed E-state index contributed by atoms with van der Waals surface area (Å²) in [6, 6.07) is 8.18. The van der Waals surface area contributed by atoms with E-state index in [0.29, 0.717) is 34.2 Å². The molecule has 2 aromatic rings. The Hall–Kier alpha value is -3.63. The molecule has 3 aliphatic rings. The van der Waals surface area contributed by atoms with Gasteiger partial charge in [-0.3, -0.25) is 29.4 Å². The van der Waals surface area contributed by atoms with Crippen LogP contribution in [-0.4, -0.2) is 60.5 Å². The zero-order valence-corrected chi connectivity index (χ0v) is 21.9. The van der Waals surface area contributed by atoms with Gasteiger partial charge in [0.2, 0.25) is 17.7 Å². The molecule has 0 aliphatic carbocycles. The Bertz CT molecular complexity index is 1360. The molecule has 0 saturated carbocycles. The minimum atomic E-state index is -1.52. The highest BCUT2D eigenvalue weighted by Gasteiger charge is 2.70. The van der Waals surface area contributed by atoms with E-state index in [1.165, 1.54) is 19.1 Å². The molecule has 3 heterocycles. The number of rotatable bonds is 8. The number of nitrogens with zero attached hydrogens (tertiary/aromatic N) is 1. The molecule has 200 valence electrons. The monoisotopic (exact) mass is 541 g/mol. The van der Waals surface area contributed by atoms with Crippen LogP contribution in [0.5, 0.6) is 11.5 Å². The molecule has 2 fully saturated rings. The van der Waals surface area contributed by atoms with Gasteiger partial charge in [-0.15, -0.1) is 0 Å². The molecule has 2 aromatic carbocycles. The molecule has 10 nitrogen and oxygen atoms in total. The van der Waals surface area contributed by atoms with Gasteiger partial charge < -0.3 is 19.9 Å². The molecule has 3 amide bonds. The Morgan fingerprint density at radius 1 is 1.11 bits per heavy atom. The zero-order valence-electron chi connectivity index (χ0n) is 21.2. The molecule has 11 heteroatoms. The van der Waals surface area contributed by atoms with Crippen LogP contribution in [0.1, 0.15) is 29.5 Å². The number of anilines is 1. The van der Waals surface area contributed by atoms with Gasteiger partial charge in [0.05, 0.1) is 36.8 Å². The second-order valence-electron chi connectivity index (χ2n) is 9.89. The number of likely N-dealkylation sites (tertiary alicyclic amines) is 1. The smallest absolute Gasteiger partial charge is 0.303 e. The van der Waals surface area contributed by atoms with E-state index in [2.05, 4.69) is 10.6 Å². The lowest BCUT2D eigenvalue weighted by molar-refractivity contribution is -0.143. The Morgan fingerprint density at radius 2 is 1.84 bits per heavy atom. The number of carboxylic acid groups (broad SMARTS) is 1. The van der Waals surface area contributed by atoms with Crippen molar-refractivity contribution in [1.82, 2.24) is 10.2 Å². The van der Waals surface area contributed by atoms with Crippen molar-refractivity contribution in [2.75, 3.05) is 26.1 Å². The van der Waals surface area contributed by atoms with Gasteiger partial charge in [-0.1, -0.05) is 23.7 Å². The summed E-state index contributed by atoms with van der Waals surface area (Å²) in [6.45, 7) is 1.93. The molecule has 3 aliphatic heterocycles. The lowest BCUT2D eigenvalue weighted by Crippen LogP contribution is -2.53. The minimum absolute atomic E-state index is 0.0863. The first-order valence-corrected chi connectivity index (χ1v) is 12.7. The number of hydrogen-bond acceptors (Lipinski definition) is 7. The maximum atomic E-state index is 13.9. The number of nitrogens with one attached hydrogen (secondary N) is 2. The third kappa shape index (κ3) is 3.90. The van der Waals surface area contributed by atoms with Gasteiger partial charge in [0.1, 0.15) is 5.54 Å². The second kappa shape index (κ2) is 9.59. The average Bonchev–Trinajstić information content (AvgIpc) is 3.46. The molecule has 0 bridgehead atoms. The van der Waals surface area contributed by atoms with Crippen molar-refractivity contribution >= 4 is 41.0 Å². The van der Waals surface area contributed by atoms with E-state index in [1.807, 2.05) is 13.0 Å². The van der Waals surface area contributed by atoms with Gasteiger partial charge in [0.15, 0.2) is 11.5 Å². The van der Waals surface area contributed by atoms with Gasteiger partial charge in [0.25, 0.3) is 0 Å². The number of halogens is 1. The molecule has 5 rings (SSSR count). The lowest BCUT2D eigenvalue weighted by Gasteiger charge is -2.29. The third-order valence-electron chi connectivity index (χ3n) is 7.75. The van der Waals surface area contributed by atoms with Crippen LogP contribution in [0.3, 0.4) is 0 Å². The molecule has 0 aromatic heterocycles. The number of ether oxygens (including phenoxy) is 2. The van der Waals surface area contributed by atoms with Crippen molar-refractivity contribution in [2.24, 2.45) is 11.8 Å². The van der Waals surface area contributed by atoms with E-state index in [4.69, 9.17) is 21.1 Å². The number of carbonyl (C=O) groups excluding carboxylic acids is 3. The quantitative estimate of drug-likeness (QED) is 0.434. The summed E-state index contributed by atoms with van der Waals surface area (Å²) in [4.78, 5) is 53.7. The van der Waals surface area contributed by atoms with Crippen LogP contribution in [0.4, 0.5) is 5.69 Å². The number of methoxy groups -OCH3 is 2. The van der Waals surface area contributed by atoms with Gasteiger partial charge in [-0.25, -0.2) is 0 Å². The first-order valence-electron chi connectivity index (χ1n) is 12.3. The molecular formula is C27H28ClN3O7. The molecule has 3 N–H and O–H groups in total. The number of carbonyl (C=O) groups is 4. The van der Waals surface area contributed by atoms with E-state index < -0.39 is 47.1 Å². The maximum absolute atomic E-state index is 13.9. The molecule has 0 radical (unpaired) electrons. The summed E-state index contributed by atoms with van der Waals surface area (Å²) in [5.41, 5.74) is 1.00. The lowest BCUT2D eigenvalue weighted by atomic mass is 9.76. The number of carboxylic acids is 1. The molecule has 1 spiro atoms. The molecule has 4 atom stereocenters. The van der Waals surface area contributed by atoms with Crippen LogP contribution in [0, 0.1) is 18.8 Å². The first-order chi connectivity index (χ1) is 18.1. The van der Waals surface area contributed by atoms with Gasteiger partial charge in [0, 0.05) is 24.6 Å². The largest absolute Gasteiger partial charge is 0.493 e. The summed E-state index contributed by atoms with van der Waals surface area (Å²) in [7, 11) is 3.06. The predicted octanol–water partition coefficient (Wildman–Crippen LogP) is 2.49. The van der Waals surface area contributed by atoms with E-state index in [1.54, 1.807) is 24.3 Å². The minimum Gasteiger partial charge on any atom is -0.493 e. The number of hydrogen-bond donors (Lipinski definition) is 3. The van der Waals surface area contributed by atoms with Crippen LogP contribution in [0.2, 0.25) is 5.02 Å². The van der Waals surface area contributed by atoms with Crippen LogP contribution in [-0.2, 0) is 31.1 Å². The fourth-order valence-corrected chi connectivity index (χ4v) is 6.40. The number of benzene rings is 2. The SMILES string of the molecule is COc1ccc(CCN2C(=O)[C@@H]3[C@H](CCC(=O)O)N[C@@]4(C(=O)Nc5c(Cl)cc(C)cc54)[C@@H]3C2=O)cc1OC. The van der Waals surface area contributed by atoms with Crippen LogP contribution in [0.25, 0.3) is 0 Å². The van der Waals surface area contributed by atoms with Crippen molar-refractivity contribution < 1.29 is 33.8 Å². The normalized spacial score (nSPS) is 25.5. The van der Waals surface area contributed by atoms with Crippen LogP contribution >= 0.6 is 11.6 Å². The summed E-state index contributed by atoms with van der Waals surface area (Å²) >= 11 is 6.44. The summed E-state index contributed by atoms with van der Waals surface area (Å²) in [6.07, 6.45) is 0.237. The van der Waals surface area contributed by atoms with Gasteiger partial charge in [-0.05, 0) is 49.1 Å². The molecular weight excluding hydrogens is 514 g/mol. The number of imide groups is 1. The van der Waals surface area contributed by atoms with E-state index in [-0.39, 0.29) is 19.4 Å². The van der Waals surface area contributed by atoms with Crippen molar-refractivity contribution in [1.29, 1.82) is 0 Å². The zero-order chi connectivity index (χ0) is 27.4. The van der Waals surface area contributed by atoms with Crippen molar-refractivity contribution in [3.63, 3.8) is 0 Å². The fraction of sp³-hybridized carbons (Fsp3) is 0.407. The maximum Gasteiger partial charge on any atom is 0.303 e. The Kier molecular flexibility index (Phi) is 6.56. The van der Waals surface area contributed by atoms with Crippen LogP contribution in [0.15, 0.2) is 30.3 Å². The molecule has 0 unspecified atom stereocenters. The number of amides is 3. The topological polar surface area (TPSA) is 134 Å². The van der Waals surface area contributed by atoms with E-state index >= 15 is 0 Å². The number of fused-ring (bicyclic) bond motifs is 4. The first kappa shape index (κ1) is 26.0. The predicted molar refractivity (Wildman–Crippen MR) is 137 cm³/mol. The van der Waals surface area contributed by atoms with Crippen molar-refractivity contribution in [3.05, 3.63) is 52.0 Å². The molecule has 38 heavy (non-hydrogen) atoms. The van der Waals surface area contributed by atoms with Gasteiger partial charge >= 0.3 is 5.97 Å². The average molecular weight is 542 g/mol. The Labute approximate surface area is 224 Å². The summed E-state index contributed by atoms with van der Waals surface area (Å²) in [5.74, 6) is -3.21. The van der Waals surface area contributed by atoms with E-state index in [0.717, 1.165) is 11.1 Å². The highest BCUT2D eigenvalue weighted by Crippen LogP contribution is 2.55. The third-order valence-corrected chi connectivity index (χ3v) is 8.05. The highest BCUT2D eigenvalue weighted by atomic mass is 35.5. The van der Waals surface area contributed by atoms with Crippen molar-refractivity contribution in [3.8, 4) is 11.5 Å². The summed E-state index contributed by atoms with van der Waals surface area (Å²) < 4.78 is 10.6. The Balaban J connectivity index is 1.50. The molecule has 2 saturated heterocycles. The van der Waals surface area contributed by atoms with Crippen LogP contribution < -0.4 is 20.1 Å². The van der Waals surface area contributed by atoms with Gasteiger partial charge in [-0.2, -0.15) is 0 Å². The fourth-order valence-electron chi connectivity index (χ4n) is 6.08. The number of aryl methyl sites for hydroxylation is 1. The number of aliphatic carboxylic acids is 1. The van der Waals surface area contributed by atoms with Crippen molar-refractivity contribution in [2.45, 2.75) is 37.8 Å². The van der Waals surface area contributed by atoms with E-state index in [9.17, 15) is 24.3 Å². The summed E-state index contributed by atoms with van der Waals surface area (Å²) in [5, 5.41) is 15.7. The highest BCUT2D eigenvalue weighted by molar-refractivity contribution is 6.35. The Morgan fingerprint density at radius 3 is 2.53 bits per heavy atom. The standard InChI is InChI=1S/C27H28ClN3O7/c1-13-10-15-23(16(28)11-13)29-26(36)27(15)22-21(17(30-27)5-7-20(32)33)24(34)31(25(22)35)9-8-14-4-6-18(37-2)19(12-14)38-3/h4,6,10-12,17,21-22,30H,5,7-9H2,1-3H3,(H,29,36)(H,32,33)/t17-,21+,22-,27+/m0/s1. The second-order valence-corrected chi connectivity index (χ2v) is 10.3.